The van der Waals surface area contributed by atoms with Gasteiger partial charge in [0.05, 0.1) is 13.2 Å². The van der Waals surface area contributed by atoms with E-state index < -0.39 is 0 Å². The topological polar surface area (TPSA) is 50.8 Å². The van der Waals surface area contributed by atoms with E-state index in [0.717, 1.165) is 30.0 Å². The predicted molar refractivity (Wildman–Crippen MR) is 105 cm³/mol. The molecule has 0 spiro atoms. The number of hydrogen-bond donors (Lipinski definition) is 1. The van der Waals surface area contributed by atoms with Crippen LogP contribution in [0, 0.1) is 5.92 Å². The molecule has 27 heavy (non-hydrogen) atoms. The number of benzene rings is 1. The SMILES string of the molecule is C[C@@H]1CN(Cc2ccc(OCC3CCC(NC4CCC4)CC3)cc2)C(=O)O1. The van der Waals surface area contributed by atoms with Crippen LogP contribution in [0.2, 0.25) is 0 Å². The van der Waals surface area contributed by atoms with E-state index >= 15 is 0 Å². The van der Waals surface area contributed by atoms with Crippen molar-refractivity contribution in [1.82, 2.24) is 10.2 Å². The van der Waals surface area contributed by atoms with Crippen molar-refractivity contribution < 1.29 is 14.3 Å². The number of nitrogens with one attached hydrogen (secondary N) is 1. The molecular formula is C22H32N2O3. The van der Waals surface area contributed by atoms with Gasteiger partial charge in [0.15, 0.2) is 0 Å². The minimum absolute atomic E-state index is 0.0147. The number of cyclic esters (lactones) is 1. The van der Waals surface area contributed by atoms with Crippen molar-refractivity contribution >= 4 is 6.09 Å². The number of carbonyl (C=O) groups excluding carboxylic acids is 1. The lowest BCUT2D eigenvalue weighted by Crippen LogP contribution is -2.44. The average Bonchev–Trinajstić information content (AvgIpc) is 2.95. The normalized spacial score (nSPS) is 28.7. The smallest absolute Gasteiger partial charge is 0.410 e. The molecule has 3 fully saturated rings. The molecule has 1 aliphatic heterocycles. The Kier molecular flexibility index (Phi) is 5.86. The van der Waals surface area contributed by atoms with Gasteiger partial charge in [-0.15, -0.1) is 0 Å². The quantitative estimate of drug-likeness (QED) is 0.783. The molecule has 0 radical (unpaired) electrons. The summed E-state index contributed by atoms with van der Waals surface area (Å²) in [5.41, 5.74) is 1.11. The monoisotopic (exact) mass is 372 g/mol. The van der Waals surface area contributed by atoms with Crippen molar-refractivity contribution in [2.24, 2.45) is 5.92 Å². The highest BCUT2D eigenvalue weighted by molar-refractivity contribution is 5.69. The highest BCUT2D eigenvalue weighted by atomic mass is 16.6. The standard InChI is InChI=1S/C22H32N2O3/c1-16-13-24(22(25)27-16)14-17-7-11-21(12-8-17)26-15-18-5-9-20(10-6-18)23-19-3-2-4-19/h7-8,11-12,16,18-20,23H,2-6,9-10,13-15H2,1H3/t16-,18?,20?/m1/s1. The third kappa shape index (κ3) is 4.95. The Labute approximate surface area is 162 Å². The first-order chi connectivity index (χ1) is 13.2. The summed E-state index contributed by atoms with van der Waals surface area (Å²) in [4.78, 5) is 13.5. The van der Waals surface area contributed by atoms with E-state index in [1.165, 1.54) is 44.9 Å². The second-order valence-electron chi connectivity index (χ2n) is 8.54. The zero-order valence-electron chi connectivity index (χ0n) is 16.4. The largest absolute Gasteiger partial charge is 0.493 e. The molecule has 2 aliphatic carbocycles. The zero-order valence-corrected chi connectivity index (χ0v) is 16.4. The molecular weight excluding hydrogens is 340 g/mol. The van der Waals surface area contributed by atoms with Crippen LogP contribution in [0.3, 0.4) is 0 Å². The van der Waals surface area contributed by atoms with E-state index in [1.54, 1.807) is 4.90 Å². The number of hydrogen-bond acceptors (Lipinski definition) is 4. The molecule has 1 saturated heterocycles. The lowest BCUT2D eigenvalue weighted by Gasteiger charge is -2.35. The summed E-state index contributed by atoms with van der Waals surface area (Å²) >= 11 is 0. The molecule has 1 aromatic rings. The van der Waals surface area contributed by atoms with Crippen molar-refractivity contribution in [2.75, 3.05) is 13.2 Å². The number of carbonyl (C=O) groups is 1. The number of amides is 1. The van der Waals surface area contributed by atoms with Gasteiger partial charge in [-0.05, 0) is 69.1 Å². The Morgan fingerprint density at radius 1 is 1.07 bits per heavy atom. The number of rotatable bonds is 7. The highest BCUT2D eigenvalue weighted by Crippen LogP contribution is 2.28. The van der Waals surface area contributed by atoms with Crippen molar-refractivity contribution in [2.45, 2.75) is 76.6 Å². The van der Waals surface area contributed by atoms with Gasteiger partial charge >= 0.3 is 6.09 Å². The maximum Gasteiger partial charge on any atom is 0.410 e. The van der Waals surface area contributed by atoms with Gasteiger partial charge in [0, 0.05) is 18.6 Å². The average molecular weight is 373 g/mol. The Bertz CT molecular complexity index is 621. The Morgan fingerprint density at radius 2 is 1.78 bits per heavy atom. The molecule has 1 N–H and O–H groups in total. The predicted octanol–water partition coefficient (Wildman–Crippen LogP) is 4.11. The fourth-order valence-electron chi connectivity index (χ4n) is 4.33. The van der Waals surface area contributed by atoms with Crippen LogP contribution >= 0.6 is 0 Å². The Hall–Kier alpha value is -1.75. The van der Waals surface area contributed by atoms with Crippen molar-refractivity contribution in [3.8, 4) is 5.75 Å². The molecule has 1 amide bonds. The van der Waals surface area contributed by atoms with Gasteiger partial charge in [0.2, 0.25) is 0 Å². The molecule has 3 aliphatic rings. The summed E-state index contributed by atoms with van der Waals surface area (Å²) in [5, 5.41) is 3.81. The van der Waals surface area contributed by atoms with Crippen LogP contribution in [0.4, 0.5) is 4.79 Å². The van der Waals surface area contributed by atoms with Crippen LogP contribution in [0.25, 0.3) is 0 Å². The third-order valence-corrected chi connectivity index (χ3v) is 6.24. The molecule has 1 heterocycles. The van der Waals surface area contributed by atoms with Gasteiger partial charge in [-0.3, -0.25) is 0 Å². The van der Waals surface area contributed by atoms with Crippen molar-refractivity contribution in [1.29, 1.82) is 0 Å². The summed E-state index contributed by atoms with van der Waals surface area (Å²) in [5.74, 6) is 1.59. The van der Waals surface area contributed by atoms with Gasteiger partial charge in [0.1, 0.15) is 11.9 Å². The molecule has 1 atom stereocenters. The molecule has 5 heteroatoms. The summed E-state index contributed by atoms with van der Waals surface area (Å²) in [6.45, 7) is 3.99. The van der Waals surface area contributed by atoms with Gasteiger partial charge in [0.25, 0.3) is 0 Å². The van der Waals surface area contributed by atoms with Crippen molar-refractivity contribution in [3.63, 3.8) is 0 Å². The first-order valence-corrected chi connectivity index (χ1v) is 10.6. The summed E-state index contributed by atoms with van der Waals surface area (Å²) < 4.78 is 11.2. The number of ether oxygens (including phenoxy) is 2. The van der Waals surface area contributed by atoms with E-state index in [2.05, 4.69) is 5.32 Å². The first kappa shape index (κ1) is 18.6. The van der Waals surface area contributed by atoms with E-state index in [1.807, 2.05) is 31.2 Å². The summed E-state index contributed by atoms with van der Waals surface area (Å²) in [6.07, 6.45) is 9.01. The lowest BCUT2D eigenvalue weighted by atomic mass is 9.84. The molecule has 0 aromatic heterocycles. The van der Waals surface area contributed by atoms with Gasteiger partial charge in [-0.1, -0.05) is 18.6 Å². The second kappa shape index (κ2) is 8.51. The minimum atomic E-state index is -0.217. The van der Waals surface area contributed by atoms with Crippen LogP contribution in [0.15, 0.2) is 24.3 Å². The minimum Gasteiger partial charge on any atom is -0.493 e. The fraction of sp³-hybridized carbons (Fsp3) is 0.682. The van der Waals surface area contributed by atoms with E-state index in [4.69, 9.17) is 9.47 Å². The lowest BCUT2D eigenvalue weighted by molar-refractivity contribution is 0.137. The highest BCUT2D eigenvalue weighted by Gasteiger charge is 2.28. The third-order valence-electron chi connectivity index (χ3n) is 6.24. The number of nitrogens with zero attached hydrogens (tertiary/aromatic N) is 1. The van der Waals surface area contributed by atoms with Crippen LogP contribution < -0.4 is 10.1 Å². The summed E-state index contributed by atoms with van der Waals surface area (Å²) in [6, 6.07) is 9.65. The van der Waals surface area contributed by atoms with Crippen LogP contribution in [0.1, 0.15) is 57.4 Å². The Balaban J connectivity index is 1.17. The van der Waals surface area contributed by atoms with Gasteiger partial charge in [-0.2, -0.15) is 0 Å². The zero-order chi connectivity index (χ0) is 18.6. The van der Waals surface area contributed by atoms with Crippen LogP contribution in [-0.2, 0) is 11.3 Å². The maximum atomic E-state index is 11.7. The van der Waals surface area contributed by atoms with Crippen LogP contribution in [-0.4, -0.2) is 42.3 Å². The second-order valence-corrected chi connectivity index (χ2v) is 8.54. The van der Waals surface area contributed by atoms with Crippen LogP contribution in [0.5, 0.6) is 5.75 Å². The van der Waals surface area contributed by atoms with E-state index in [9.17, 15) is 4.79 Å². The van der Waals surface area contributed by atoms with Gasteiger partial charge in [-0.25, -0.2) is 4.79 Å². The molecule has 4 rings (SSSR count). The molecule has 5 nitrogen and oxygen atoms in total. The molecule has 1 aromatic carbocycles. The fourth-order valence-corrected chi connectivity index (χ4v) is 4.33. The maximum absolute atomic E-state index is 11.7. The Morgan fingerprint density at radius 3 is 2.37 bits per heavy atom. The molecule has 0 unspecified atom stereocenters. The van der Waals surface area contributed by atoms with Gasteiger partial charge < -0.3 is 19.7 Å². The van der Waals surface area contributed by atoms with E-state index in [-0.39, 0.29) is 12.2 Å². The first-order valence-electron chi connectivity index (χ1n) is 10.6. The van der Waals surface area contributed by atoms with E-state index in [0.29, 0.717) is 19.0 Å². The van der Waals surface area contributed by atoms with Crippen molar-refractivity contribution in [3.05, 3.63) is 29.8 Å². The molecule has 0 bridgehead atoms. The summed E-state index contributed by atoms with van der Waals surface area (Å²) in [7, 11) is 0. The molecule has 148 valence electrons. The molecule has 2 saturated carbocycles.